The first-order valence-corrected chi connectivity index (χ1v) is 11.1. The minimum Gasteiger partial charge on any atom is -0.359 e. The van der Waals surface area contributed by atoms with Crippen molar-refractivity contribution in [3.05, 3.63) is 71.8 Å². The fourth-order valence-corrected chi connectivity index (χ4v) is 3.86. The maximum atomic E-state index is 12.5. The Balaban J connectivity index is 1.48. The van der Waals surface area contributed by atoms with E-state index in [1.807, 2.05) is 53.5 Å². The lowest BCUT2D eigenvalue weighted by molar-refractivity contribution is -0.120. The number of aryl methyl sites for hydroxylation is 2. The van der Waals surface area contributed by atoms with Crippen LogP contribution in [0.25, 0.3) is 22.6 Å². The number of imidazole rings is 1. The van der Waals surface area contributed by atoms with Crippen LogP contribution in [0.4, 0.5) is 0 Å². The number of amides is 2. The quantitative estimate of drug-likeness (QED) is 0.407. The number of fused-ring (bicyclic) bond motifs is 1. The van der Waals surface area contributed by atoms with E-state index >= 15 is 0 Å². The SMILES string of the molecule is CNC(=O)CCCCNC(=O)c1ccn2c(-c3cccc(-n4nc(C)cc4C)c3)cnc2c1. The topological polar surface area (TPSA) is 93.3 Å². The standard InChI is InChI=1S/C25H28N6O2/c1-17-13-18(2)31(29-17)21-8-6-7-19(14-21)22-16-28-23-15-20(10-12-30(22)23)25(33)27-11-5-4-9-24(32)26-3/h6-8,10,12-16H,4-5,9,11H2,1-3H3,(H,26,32)(H,27,33). The molecule has 4 aromatic rings. The van der Waals surface area contributed by atoms with E-state index in [1.54, 1.807) is 19.2 Å². The van der Waals surface area contributed by atoms with Crippen LogP contribution in [-0.4, -0.2) is 44.6 Å². The minimum atomic E-state index is -0.145. The van der Waals surface area contributed by atoms with Crippen molar-refractivity contribution in [3.8, 4) is 16.9 Å². The van der Waals surface area contributed by atoms with Crippen molar-refractivity contribution in [2.75, 3.05) is 13.6 Å². The third-order valence-corrected chi connectivity index (χ3v) is 5.57. The molecule has 8 heteroatoms. The summed E-state index contributed by atoms with van der Waals surface area (Å²) in [5, 5.41) is 10.1. The summed E-state index contributed by atoms with van der Waals surface area (Å²) in [7, 11) is 1.62. The molecule has 1 aromatic carbocycles. The number of unbranched alkanes of at least 4 members (excludes halogenated alkanes) is 1. The Bertz CT molecular complexity index is 1300. The Kier molecular flexibility index (Phi) is 6.53. The van der Waals surface area contributed by atoms with E-state index in [9.17, 15) is 9.59 Å². The molecule has 0 bridgehead atoms. The normalized spacial score (nSPS) is 11.0. The van der Waals surface area contributed by atoms with Crippen molar-refractivity contribution in [1.29, 1.82) is 0 Å². The molecule has 170 valence electrons. The van der Waals surface area contributed by atoms with E-state index in [-0.39, 0.29) is 11.8 Å². The van der Waals surface area contributed by atoms with Gasteiger partial charge < -0.3 is 10.6 Å². The molecule has 4 rings (SSSR count). The number of hydrogen-bond donors (Lipinski definition) is 2. The van der Waals surface area contributed by atoms with Crippen LogP contribution in [0.2, 0.25) is 0 Å². The Hall–Kier alpha value is -3.94. The molecule has 0 aliphatic carbocycles. The Labute approximate surface area is 192 Å². The van der Waals surface area contributed by atoms with Gasteiger partial charge in [-0.2, -0.15) is 5.10 Å². The lowest BCUT2D eigenvalue weighted by Crippen LogP contribution is -2.25. The molecule has 0 fully saturated rings. The highest BCUT2D eigenvalue weighted by molar-refractivity contribution is 5.95. The first kappa shape index (κ1) is 22.3. The lowest BCUT2D eigenvalue weighted by atomic mass is 10.1. The van der Waals surface area contributed by atoms with Gasteiger partial charge in [0.1, 0.15) is 5.65 Å². The highest BCUT2D eigenvalue weighted by atomic mass is 16.2. The van der Waals surface area contributed by atoms with Crippen molar-refractivity contribution >= 4 is 17.5 Å². The molecule has 2 amide bonds. The van der Waals surface area contributed by atoms with Crippen molar-refractivity contribution in [1.82, 2.24) is 29.8 Å². The summed E-state index contributed by atoms with van der Waals surface area (Å²) in [4.78, 5) is 28.3. The fourth-order valence-electron chi connectivity index (χ4n) is 3.86. The number of carbonyl (C=O) groups is 2. The summed E-state index contributed by atoms with van der Waals surface area (Å²) in [6.07, 6.45) is 5.64. The van der Waals surface area contributed by atoms with Crippen molar-refractivity contribution < 1.29 is 9.59 Å². The van der Waals surface area contributed by atoms with Gasteiger partial charge in [-0.1, -0.05) is 12.1 Å². The van der Waals surface area contributed by atoms with Gasteiger partial charge in [-0.15, -0.1) is 0 Å². The molecule has 33 heavy (non-hydrogen) atoms. The zero-order valence-corrected chi connectivity index (χ0v) is 19.1. The van der Waals surface area contributed by atoms with Gasteiger partial charge in [0.2, 0.25) is 5.91 Å². The zero-order valence-electron chi connectivity index (χ0n) is 19.1. The second kappa shape index (κ2) is 9.68. The van der Waals surface area contributed by atoms with Gasteiger partial charge in [-0.25, -0.2) is 9.67 Å². The van der Waals surface area contributed by atoms with Crippen LogP contribution < -0.4 is 10.6 Å². The second-order valence-electron chi connectivity index (χ2n) is 8.06. The van der Waals surface area contributed by atoms with Gasteiger partial charge in [0.25, 0.3) is 5.91 Å². The fraction of sp³-hybridized carbons (Fsp3) is 0.280. The Morgan fingerprint density at radius 1 is 1.06 bits per heavy atom. The predicted molar refractivity (Wildman–Crippen MR) is 127 cm³/mol. The maximum absolute atomic E-state index is 12.5. The molecular formula is C25H28N6O2. The number of nitrogens with zero attached hydrogens (tertiary/aromatic N) is 4. The third kappa shape index (κ3) is 4.95. The van der Waals surface area contributed by atoms with E-state index in [0.717, 1.165) is 41.2 Å². The van der Waals surface area contributed by atoms with E-state index < -0.39 is 0 Å². The van der Waals surface area contributed by atoms with Gasteiger partial charge in [0, 0.05) is 43.0 Å². The molecule has 3 heterocycles. The molecule has 0 aliphatic rings. The van der Waals surface area contributed by atoms with E-state index in [2.05, 4.69) is 32.8 Å². The minimum absolute atomic E-state index is 0.0160. The molecule has 3 aromatic heterocycles. The number of benzene rings is 1. The average molecular weight is 445 g/mol. The number of aromatic nitrogens is 4. The molecule has 8 nitrogen and oxygen atoms in total. The smallest absolute Gasteiger partial charge is 0.251 e. The van der Waals surface area contributed by atoms with E-state index in [0.29, 0.717) is 24.2 Å². The molecule has 2 N–H and O–H groups in total. The van der Waals surface area contributed by atoms with Gasteiger partial charge in [-0.3, -0.25) is 14.0 Å². The first-order chi connectivity index (χ1) is 16.0. The zero-order chi connectivity index (χ0) is 23.4. The Morgan fingerprint density at radius 2 is 1.91 bits per heavy atom. The van der Waals surface area contributed by atoms with Crippen molar-refractivity contribution in [2.24, 2.45) is 0 Å². The molecule has 0 spiro atoms. The van der Waals surface area contributed by atoms with Gasteiger partial charge >= 0.3 is 0 Å². The summed E-state index contributed by atoms with van der Waals surface area (Å²) in [5.74, 6) is -0.129. The molecule has 0 saturated heterocycles. The molecular weight excluding hydrogens is 416 g/mol. The van der Waals surface area contributed by atoms with Crippen LogP contribution >= 0.6 is 0 Å². The second-order valence-corrected chi connectivity index (χ2v) is 8.06. The Morgan fingerprint density at radius 3 is 2.67 bits per heavy atom. The van der Waals surface area contributed by atoms with Crippen molar-refractivity contribution in [3.63, 3.8) is 0 Å². The van der Waals surface area contributed by atoms with Gasteiger partial charge in [-0.05, 0) is 57.0 Å². The van der Waals surface area contributed by atoms with Crippen LogP contribution in [0, 0.1) is 13.8 Å². The molecule has 0 unspecified atom stereocenters. The number of pyridine rings is 1. The summed E-state index contributed by atoms with van der Waals surface area (Å²) >= 11 is 0. The van der Waals surface area contributed by atoms with Crippen LogP contribution in [0.15, 0.2) is 54.9 Å². The molecule has 0 saturated carbocycles. The summed E-state index contributed by atoms with van der Waals surface area (Å²) < 4.78 is 3.90. The lowest BCUT2D eigenvalue weighted by Gasteiger charge is -2.08. The van der Waals surface area contributed by atoms with Gasteiger partial charge in [0.05, 0.1) is 23.3 Å². The third-order valence-electron chi connectivity index (χ3n) is 5.57. The average Bonchev–Trinajstić information content (AvgIpc) is 3.40. The highest BCUT2D eigenvalue weighted by Crippen LogP contribution is 2.24. The first-order valence-electron chi connectivity index (χ1n) is 11.1. The highest BCUT2D eigenvalue weighted by Gasteiger charge is 2.12. The van der Waals surface area contributed by atoms with Crippen molar-refractivity contribution in [2.45, 2.75) is 33.1 Å². The number of rotatable bonds is 8. The van der Waals surface area contributed by atoms with E-state index in [1.165, 1.54) is 0 Å². The molecule has 0 radical (unpaired) electrons. The monoisotopic (exact) mass is 444 g/mol. The summed E-state index contributed by atoms with van der Waals surface area (Å²) in [6.45, 7) is 4.55. The predicted octanol–water partition coefficient (Wildman–Crippen LogP) is 3.45. The van der Waals surface area contributed by atoms with Gasteiger partial charge in [0.15, 0.2) is 0 Å². The molecule has 0 aliphatic heterocycles. The largest absolute Gasteiger partial charge is 0.359 e. The van der Waals surface area contributed by atoms with Crippen LogP contribution in [0.1, 0.15) is 41.0 Å². The summed E-state index contributed by atoms with van der Waals surface area (Å²) in [5.41, 5.74) is 6.25. The number of hydrogen-bond acceptors (Lipinski definition) is 4. The van der Waals surface area contributed by atoms with Crippen LogP contribution in [0.5, 0.6) is 0 Å². The number of nitrogens with one attached hydrogen (secondary N) is 2. The summed E-state index contributed by atoms with van der Waals surface area (Å²) in [6, 6.07) is 13.8. The molecule has 0 atom stereocenters. The number of carbonyl (C=O) groups excluding carboxylic acids is 2. The maximum Gasteiger partial charge on any atom is 0.251 e. The van der Waals surface area contributed by atoms with Crippen LogP contribution in [0.3, 0.4) is 0 Å². The van der Waals surface area contributed by atoms with Crippen LogP contribution in [-0.2, 0) is 4.79 Å². The van der Waals surface area contributed by atoms with E-state index in [4.69, 9.17) is 0 Å².